The number of nitrogens with two attached hydrogens (primary N) is 1. The lowest BCUT2D eigenvalue weighted by molar-refractivity contribution is -0.143. The number of carbonyl (C=O) groups is 1. The first-order chi connectivity index (χ1) is 13.2. The third-order valence-electron chi connectivity index (χ3n) is 4.00. The summed E-state index contributed by atoms with van der Waals surface area (Å²) in [7, 11) is 0. The van der Waals surface area contributed by atoms with Crippen molar-refractivity contribution >= 4 is 5.97 Å². The van der Waals surface area contributed by atoms with Gasteiger partial charge in [-0.1, -0.05) is 6.07 Å². The Bertz CT molecular complexity index is 1030. The molecule has 3 rings (SSSR count). The molecule has 0 aliphatic carbocycles. The van der Waals surface area contributed by atoms with E-state index in [1.807, 2.05) is 0 Å². The van der Waals surface area contributed by atoms with Crippen LogP contribution in [0.5, 0.6) is 5.75 Å². The number of ether oxygens (including phenoxy) is 2. The van der Waals surface area contributed by atoms with Crippen LogP contribution in [0.4, 0.5) is 8.78 Å². The molecule has 0 spiro atoms. The Morgan fingerprint density at radius 2 is 2.04 bits per heavy atom. The summed E-state index contributed by atoms with van der Waals surface area (Å²) in [6, 6.07) is 3.71. The number of hydrogen-bond donors (Lipinski definition) is 2. The molecular weight excluding hydrogens is 376 g/mol. The van der Waals surface area contributed by atoms with Crippen LogP contribution in [0.25, 0.3) is 0 Å². The maximum absolute atomic E-state index is 14.6. The number of esters is 1. The monoisotopic (exact) mass is 393 g/mol. The smallest absolute Gasteiger partial charge is 0.340 e. The van der Waals surface area contributed by atoms with Crippen molar-refractivity contribution in [1.82, 2.24) is 0 Å². The maximum Gasteiger partial charge on any atom is 0.340 e. The van der Waals surface area contributed by atoms with E-state index >= 15 is 0 Å². The van der Waals surface area contributed by atoms with Crippen LogP contribution in [-0.2, 0) is 16.1 Å². The molecule has 0 saturated carbocycles. The topological polar surface area (TPSA) is 112 Å². The molecule has 0 radical (unpaired) electrons. The third-order valence-corrected chi connectivity index (χ3v) is 4.00. The predicted octanol–water partition coefficient (Wildman–Crippen LogP) is 2.06. The molecule has 0 unspecified atom stereocenters. The maximum atomic E-state index is 14.6. The van der Waals surface area contributed by atoms with Crippen molar-refractivity contribution in [1.29, 1.82) is 0 Å². The molecule has 2 aromatic rings. The normalized spacial score (nSPS) is 16.0. The fourth-order valence-corrected chi connectivity index (χ4v) is 2.89. The van der Waals surface area contributed by atoms with E-state index in [1.165, 1.54) is 0 Å². The molecule has 2 heterocycles. The second kappa shape index (κ2) is 7.43. The molecular formula is C19H17F2NO6. The van der Waals surface area contributed by atoms with Crippen LogP contribution in [0.15, 0.2) is 44.9 Å². The molecule has 9 heteroatoms. The van der Waals surface area contributed by atoms with E-state index in [0.29, 0.717) is 6.07 Å². The van der Waals surface area contributed by atoms with Crippen molar-refractivity contribution < 1.29 is 32.6 Å². The van der Waals surface area contributed by atoms with Crippen molar-refractivity contribution in [2.45, 2.75) is 32.5 Å². The molecule has 1 aromatic heterocycles. The highest BCUT2D eigenvalue weighted by Crippen LogP contribution is 2.42. The van der Waals surface area contributed by atoms with Gasteiger partial charge in [-0.25, -0.2) is 13.6 Å². The van der Waals surface area contributed by atoms with E-state index in [9.17, 15) is 23.5 Å². The second-order valence-electron chi connectivity index (χ2n) is 6.36. The quantitative estimate of drug-likeness (QED) is 0.765. The predicted molar refractivity (Wildman–Crippen MR) is 92.2 cm³/mol. The average Bonchev–Trinajstić information content (AvgIpc) is 2.61. The molecule has 1 aliphatic heterocycles. The minimum Gasteiger partial charge on any atom is -0.459 e. The largest absolute Gasteiger partial charge is 0.459 e. The Kier molecular flexibility index (Phi) is 5.19. The Labute approximate surface area is 158 Å². The van der Waals surface area contributed by atoms with Gasteiger partial charge in [0, 0.05) is 17.7 Å². The Morgan fingerprint density at radius 1 is 1.32 bits per heavy atom. The van der Waals surface area contributed by atoms with Crippen molar-refractivity contribution in [3.05, 3.63) is 74.7 Å². The molecule has 3 N–H and O–H groups in total. The highest BCUT2D eigenvalue weighted by Gasteiger charge is 2.40. The van der Waals surface area contributed by atoms with Gasteiger partial charge in [0.25, 0.3) is 0 Å². The fourth-order valence-electron chi connectivity index (χ4n) is 2.89. The zero-order valence-electron chi connectivity index (χ0n) is 15.0. The molecule has 0 amide bonds. The van der Waals surface area contributed by atoms with Crippen LogP contribution in [0.2, 0.25) is 0 Å². The van der Waals surface area contributed by atoms with Gasteiger partial charge in [-0.2, -0.15) is 0 Å². The number of carbonyl (C=O) groups excluding carboxylic acids is 1. The number of benzene rings is 1. The lowest BCUT2D eigenvalue weighted by Crippen LogP contribution is -2.31. The van der Waals surface area contributed by atoms with Crippen LogP contribution in [-0.4, -0.2) is 17.2 Å². The zero-order chi connectivity index (χ0) is 20.6. The number of rotatable bonds is 4. The van der Waals surface area contributed by atoms with Gasteiger partial charge in [-0.05, 0) is 19.9 Å². The van der Waals surface area contributed by atoms with Gasteiger partial charge in [0.2, 0.25) is 17.1 Å². The summed E-state index contributed by atoms with van der Waals surface area (Å²) in [4.78, 5) is 24.9. The minimum absolute atomic E-state index is 0.128. The number of aliphatic hydroxyl groups excluding tert-OH is 1. The molecule has 0 saturated heterocycles. The van der Waals surface area contributed by atoms with Crippen LogP contribution < -0.4 is 15.9 Å². The summed E-state index contributed by atoms with van der Waals surface area (Å²) in [6.45, 7) is 2.58. The molecule has 7 nitrogen and oxygen atoms in total. The molecule has 1 aromatic carbocycles. The van der Waals surface area contributed by atoms with Crippen LogP contribution >= 0.6 is 0 Å². The lowest BCUT2D eigenvalue weighted by Gasteiger charge is -2.27. The Hall–Kier alpha value is -3.20. The molecule has 1 atom stereocenters. The van der Waals surface area contributed by atoms with E-state index in [4.69, 9.17) is 19.6 Å². The van der Waals surface area contributed by atoms with E-state index in [1.54, 1.807) is 13.8 Å². The minimum atomic E-state index is -1.34. The van der Waals surface area contributed by atoms with Crippen molar-refractivity contribution in [2.24, 2.45) is 5.73 Å². The molecule has 1 aliphatic rings. The first kappa shape index (κ1) is 19.6. The Balaban J connectivity index is 2.29. The van der Waals surface area contributed by atoms with Gasteiger partial charge >= 0.3 is 5.97 Å². The zero-order valence-corrected chi connectivity index (χ0v) is 15.0. The van der Waals surface area contributed by atoms with Gasteiger partial charge in [0.05, 0.1) is 12.0 Å². The second-order valence-corrected chi connectivity index (χ2v) is 6.36. The summed E-state index contributed by atoms with van der Waals surface area (Å²) >= 11 is 0. The summed E-state index contributed by atoms with van der Waals surface area (Å²) in [5.41, 5.74) is 4.69. The van der Waals surface area contributed by atoms with Crippen LogP contribution in [0, 0.1) is 11.6 Å². The number of halogens is 2. The fraction of sp³-hybridized carbons (Fsp3) is 0.263. The van der Waals surface area contributed by atoms with Gasteiger partial charge < -0.3 is 24.7 Å². The van der Waals surface area contributed by atoms with Gasteiger partial charge in [0.1, 0.15) is 29.6 Å². The van der Waals surface area contributed by atoms with Crippen molar-refractivity contribution in [2.75, 3.05) is 0 Å². The lowest BCUT2D eigenvalue weighted by atomic mass is 9.86. The first-order valence-corrected chi connectivity index (χ1v) is 8.34. The third kappa shape index (κ3) is 3.48. The average molecular weight is 393 g/mol. The van der Waals surface area contributed by atoms with E-state index in [2.05, 4.69) is 0 Å². The Morgan fingerprint density at radius 3 is 2.64 bits per heavy atom. The highest BCUT2D eigenvalue weighted by molar-refractivity contribution is 5.92. The molecule has 28 heavy (non-hydrogen) atoms. The summed E-state index contributed by atoms with van der Waals surface area (Å²) in [5, 5.41) is 9.33. The van der Waals surface area contributed by atoms with Gasteiger partial charge in [0.15, 0.2) is 5.76 Å². The van der Waals surface area contributed by atoms with E-state index < -0.39 is 47.5 Å². The molecule has 0 bridgehead atoms. The highest BCUT2D eigenvalue weighted by atomic mass is 19.1. The van der Waals surface area contributed by atoms with E-state index in [-0.39, 0.29) is 28.4 Å². The van der Waals surface area contributed by atoms with E-state index in [0.717, 1.165) is 18.2 Å². The van der Waals surface area contributed by atoms with Gasteiger partial charge in [-0.3, -0.25) is 4.79 Å². The SMILES string of the molecule is CC(C)OC(=O)C1=C(N)Oc2c(oc(CO)cc2=O)[C@@H]1c1ccc(F)cc1F. The summed E-state index contributed by atoms with van der Waals surface area (Å²) < 4.78 is 43.9. The van der Waals surface area contributed by atoms with Crippen LogP contribution in [0.1, 0.15) is 36.8 Å². The number of aliphatic hydroxyl groups is 1. The van der Waals surface area contributed by atoms with Gasteiger partial charge in [-0.15, -0.1) is 0 Å². The summed E-state index contributed by atoms with van der Waals surface area (Å²) in [6.07, 6.45) is -0.524. The molecule has 0 fully saturated rings. The van der Waals surface area contributed by atoms with Crippen molar-refractivity contribution in [3.8, 4) is 5.75 Å². The molecule has 148 valence electrons. The summed E-state index contributed by atoms with van der Waals surface area (Å²) in [5.74, 6) is -5.26. The number of fused-ring (bicyclic) bond motifs is 1. The first-order valence-electron chi connectivity index (χ1n) is 8.34. The number of hydrogen-bond acceptors (Lipinski definition) is 7. The standard InChI is InChI=1S/C19H17F2NO6/c1-8(2)26-19(25)15-14(11-4-3-9(20)5-12(11)21)17-16(28-18(15)22)13(24)6-10(7-23)27-17/h3-6,8,14,23H,7,22H2,1-2H3/t14-/m1/s1. The van der Waals surface area contributed by atoms with Crippen LogP contribution in [0.3, 0.4) is 0 Å². The van der Waals surface area contributed by atoms with Crippen molar-refractivity contribution in [3.63, 3.8) is 0 Å².